The molecule has 0 aliphatic heterocycles. The van der Waals surface area contributed by atoms with Gasteiger partial charge in [-0.3, -0.25) is 5.11 Å². The fraction of sp³-hybridized carbons (Fsp3) is 0.250. The van der Waals surface area contributed by atoms with Gasteiger partial charge >= 0.3 is 0 Å². The summed E-state index contributed by atoms with van der Waals surface area (Å²) in [4.78, 5) is 0. The summed E-state index contributed by atoms with van der Waals surface area (Å²) in [6.07, 6.45) is 0. The zero-order valence-electron chi connectivity index (χ0n) is 5.94. The van der Waals surface area contributed by atoms with Gasteiger partial charge in [-0.05, 0) is 31.0 Å². The van der Waals surface area contributed by atoms with Crippen LogP contribution in [0.4, 0.5) is 4.39 Å². The lowest BCUT2D eigenvalue weighted by Crippen LogP contribution is -1.85. The summed E-state index contributed by atoms with van der Waals surface area (Å²) < 4.78 is 12.7. The maximum atomic E-state index is 12.7. The molecule has 1 radical (unpaired) electrons. The van der Waals surface area contributed by atoms with Crippen LogP contribution in [0.2, 0.25) is 0 Å². The zero-order chi connectivity index (χ0) is 7.72. The van der Waals surface area contributed by atoms with Crippen molar-refractivity contribution < 1.29 is 9.50 Å². The molecule has 2 heteroatoms. The van der Waals surface area contributed by atoms with E-state index in [1.165, 1.54) is 6.07 Å². The number of benzene rings is 1. The molecular weight excluding hydrogens is 131 g/mol. The van der Waals surface area contributed by atoms with Crippen molar-refractivity contribution in [2.24, 2.45) is 0 Å². The molecule has 0 saturated carbocycles. The quantitative estimate of drug-likeness (QED) is 0.526. The van der Waals surface area contributed by atoms with E-state index in [1.807, 2.05) is 0 Å². The summed E-state index contributed by atoms with van der Waals surface area (Å²) in [7, 11) is 0. The monoisotopic (exact) mass is 139 g/mol. The topological polar surface area (TPSA) is 19.9 Å². The average molecular weight is 139 g/mol. The Morgan fingerprint density at radius 1 is 1.30 bits per heavy atom. The number of hydrogen-bond donors (Lipinski definition) is 0. The summed E-state index contributed by atoms with van der Waals surface area (Å²) in [6.45, 7) is 3.38. The lowest BCUT2D eigenvalue weighted by Gasteiger charge is -1.99. The first kappa shape index (κ1) is 7.06. The second-order valence-electron chi connectivity index (χ2n) is 2.32. The Morgan fingerprint density at radius 2 is 1.90 bits per heavy atom. The standard InChI is InChI=1S/C8H8FO/c1-5-3-4-7(10)8(9)6(5)2/h3-4H,1-2H3. The molecule has 53 valence electrons. The normalized spacial score (nSPS) is 9.90. The van der Waals surface area contributed by atoms with E-state index in [9.17, 15) is 9.50 Å². The lowest BCUT2D eigenvalue weighted by atomic mass is 10.1. The minimum absolute atomic E-state index is 0.451. The van der Waals surface area contributed by atoms with Gasteiger partial charge in [0.05, 0.1) is 0 Å². The van der Waals surface area contributed by atoms with Crippen molar-refractivity contribution in [3.8, 4) is 5.75 Å². The molecule has 0 unspecified atom stereocenters. The van der Waals surface area contributed by atoms with Crippen molar-refractivity contribution in [1.82, 2.24) is 0 Å². The van der Waals surface area contributed by atoms with Crippen LogP contribution in [-0.4, -0.2) is 0 Å². The van der Waals surface area contributed by atoms with Gasteiger partial charge in [-0.2, -0.15) is 0 Å². The van der Waals surface area contributed by atoms with Crippen molar-refractivity contribution in [3.05, 3.63) is 29.1 Å². The third kappa shape index (κ3) is 0.967. The zero-order valence-corrected chi connectivity index (χ0v) is 5.94. The SMILES string of the molecule is Cc1ccc([O])c(F)c1C. The summed E-state index contributed by atoms with van der Waals surface area (Å²) >= 11 is 0. The van der Waals surface area contributed by atoms with Crippen LogP contribution < -0.4 is 0 Å². The molecule has 1 aromatic rings. The first-order chi connectivity index (χ1) is 4.63. The van der Waals surface area contributed by atoms with E-state index in [-0.39, 0.29) is 0 Å². The number of halogens is 1. The third-order valence-corrected chi connectivity index (χ3v) is 1.62. The van der Waals surface area contributed by atoms with Gasteiger partial charge in [0.15, 0.2) is 5.82 Å². The molecule has 1 aromatic carbocycles. The molecule has 10 heavy (non-hydrogen) atoms. The van der Waals surface area contributed by atoms with Crippen LogP contribution in [0.1, 0.15) is 11.1 Å². The van der Waals surface area contributed by atoms with Crippen LogP contribution in [0, 0.1) is 19.7 Å². The van der Waals surface area contributed by atoms with E-state index < -0.39 is 11.6 Å². The number of rotatable bonds is 0. The summed E-state index contributed by atoms with van der Waals surface area (Å²) in [5, 5.41) is 10.6. The van der Waals surface area contributed by atoms with E-state index >= 15 is 0 Å². The number of hydrogen-bond acceptors (Lipinski definition) is 0. The number of aryl methyl sites for hydroxylation is 1. The Labute approximate surface area is 59.1 Å². The first-order valence-electron chi connectivity index (χ1n) is 3.05. The van der Waals surface area contributed by atoms with Gasteiger partial charge in [0, 0.05) is 0 Å². The van der Waals surface area contributed by atoms with E-state index in [0.29, 0.717) is 5.56 Å². The van der Waals surface area contributed by atoms with E-state index in [0.717, 1.165) is 5.56 Å². The van der Waals surface area contributed by atoms with Crippen molar-refractivity contribution in [2.75, 3.05) is 0 Å². The van der Waals surface area contributed by atoms with Gasteiger partial charge in [-0.15, -0.1) is 0 Å². The van der Waals surface area contributed by atoms with Gasteiger partial charge in [0.2, 0.25) is 5.75 Å². The molecule has 0 aliphatic carbocycles. The predicted molar refractivity (Wildman–Crippen MR) is 36.0 cm³/mol. The van der Waals surface area contributed by atoms with E-state index in [1.54, 1.807) is 19.9 Å². The van der Waals surface area contributed by atoms with Crippen molar-refractivity contribution in [3.63, 3.8) is 0 Å². The van der Waals surface area contributed by atoms with Gasteiger partial charge in [0.1, 0.15) is 0 Å². The highest BCUT2D eigenvalue weighted by molar-refractivity contribution is 5.34. The molecule has 0 atom stereocenters. The summed E-state index contributed by atoms with van der Waals surface area (Å²) in [5.41, 5.74) is 1.27. The molecule has 0 saturated heterocycles. The summed E-state index contributed by atoms with van der Waals surface area (Å²) in [6, 6.07) is 2.87. The predicted octanol–water partition coefficient (Wildman–Crippen LogP) is 2.59. The van der Waals surface area contributed by atoms with Crippen molar-refractivity contribution in [1.29, 1.82) is 0 Å². The van der Waals surface area contributed by atoms with Crippen molar-refractivity contribution in [2.45, 2.75) is 13.8 Å². The Morgan fingerprint density at radius 3 is 2.40 bits per heavy atom. The third-order valence-electron chi connectivity index (χ3n) is 1.62. The van der Waals surface area contributed by atoms with Gasteiger partial charge in [0.25, 0.3) is 0 Å². The molecule has 0 aliphatic rings. The van der Waals surface area contributed by atoms with Gasteiger partial charge in [-0.25, -0.2) is 4.39 Å². The molecule has 0 bridgehead atoms. The molecular formula is C8H8FO. The maximum Gasteiger partial charge on any atom is 0.214 e. The molecule has 1 rings (SSSR count). The second-order valence-corrected chi connectivity index (χ2v) is 2.32. The average Bonchev–Trinajstić information content (AvgIpc) is 1.93. The Hall–Kier alpha value is -1.05. The molecule has 0 heterocycles. The minimum atomic E-state index is -0.625. The Bertz CT molecular complexity index is 229. The van der Waals surface area contributed by atoms with Crippen LogP contribution in [0.25, 0.3) is 0 Å². The van der Waals surface area contributed by atoms with Gasteiger partial charge in [-0.1, -0.05) is 6.07 Å². The maximum absolute atomic E-state index is 12.7. The molecule has 0 spiro atoms. The highest BCUT2D eigenvalue weighted by atomic mass is 19.1. The van der Waals surface area contributed by atoms with Crippen LogP contribution in [0.5, 0.6) is 5.75 Å². The molecule has 0 aromatic heterocycles. The van der Waals surface area contributed by atoms with Crippen LogP contribution >= 0.6 is 0 Å². The Balaban J connectivity index is 3.34. The van der Waals surface area contributed by atoms with Crippen LogP contribution in [0.15, 0.2) is 12.1 Å². The molecule has 0 N–H and O–H groups in total. The lowest BCUT2D eigenvalue weighted by molar-refractivity contribution is 0.328. The highest BCUT2D eigenvalue weighted by Crippen LogP contribution is 2.21. The smallest absolute Gasteiger partial charge is 0.214 e. The Kier molecular flexibility index (Phi) is 1.62. The van der Waals surface area contributed by atoms with Crippen molar-refractivity contribution >= 4 is 0 Å². The van der Waals surface area contributed by atoms with E-state index in [2.05, 4.69) is 0 Å². The molecule has 0 amide bonds. The van der Waals surface area contributed by atoms with Crippen LogP contribution in [-0.2, 0) is 5.11 Å². The minimum Gasteiger partial charge on any atom is -0.287 e. The first-order valence-corrected chi connectivity index (χ1v) is 3.05. The highest BCUT2D eigenvalue weighted by Gasteiger charge is 2.06. The second kappa shape index (κ2) is 2.29. The molecule has 0 fully saturated rings. The van der Waals surface area contributed by atoms with Crippen LogP contribution in [0.3, 0.4) is 0 Å². The van der Waals surface area contributed by atoms with E-state index in [4.69, 9.17) is 0 Å². The van der Waals surface area contributed by atoms with Gasteiger partial charge < -0.3 is 0 Å². The fourth-order valence-electron chi connectivity index (χ4n) is 0.757. The largest absolute Gasteiger partial charge is 0.287 e. The summed E-state index contributed by atoms with van der Waals surface area (Å²) in [5.74, 6) is -1.15. The molecule has 1 nitrogen and oxygen atoms in total. The fourth-order valence-corrected chi connectivity index (χ4v) is 0.757.